The fourth-order valence-corrected chi connectivity index (χ4v) is 4.62. The molecule has 0 unspecified atom stereocenters. The number of rotatable bonds is 3. The van der Waals surface area contributed by atoms with Crippen molar-refractivity contribution in [2.75, 3.05) is 18.1 Å². The first-order chi connectivity index (χ1) is 11.4. The predicted octanol–water partition coefficient (Wildman–Crippen LogP) is 3.69. The summed E-state index contributed by atoms with van der Waals surface area (Å²) in [5, 5.41) is 4.96. The van der Waals surface area contributed by atoms with Crippen LogP contribution in [0.5, 0.6) is 0 Å². The molecule has 7 heteroatoms. The number of anilines is 1. The molecule has 0 saturated heterocycles. The van der Waals surface area contributed by atoms with E-state index in [9.17, 15) is 13.2 Å². The maximum Gasteiger partial charge on any atom is 0.322 e. The standard InChI is InChI=1S/C17H20N2O3S2/c1-3-15-14-9-11-23-16(14)8-10-19(15)17(20)18-12-4-6-13(7-5-12)24(2,21)22/h4-7,9,11,15H,3,8,10H2,1-2H3,(H,18,20)/t15-/m0/s1. The molecule has 0 aliphatic carbocycles. The molecule has 0 spiro atoms. The number of amides is 2. The Kier molecular flexibility index (Phi) is 4.64. The van der Waals surface area contributed by atoms with Gasteiger partial charge in [-0.2, -0.15) is 0 Å². The number of nitrogens with one attached hydrogen (secondary N) is 1. The molecule has 24 heavy (non-hydrogen) atoms. The smallest absolute Gasteiger partial charge is 0.317 e. The van der Waals surface area contributed by atoms with Gasteiger partial charge in [0.25, 0.3) is 0 Å². The summed E-state index contributed by atoms with van der Waals surface area (Å²) in [7, 11) is -3.23. The van der Waals surface area contributed by atoms with Crippen LogP contribution in [-0.2, 0) is 16.3 Å². The number of hydrogen-bond donors (Lipinski definition) is 1. The number of carbonyl (C=O) groups excluding carboxylic acids is 1. The van der Waals surface area contributed by atoms with Crippen LogP contribution < -0.4 is 5.32 Å². The maximum atomic E-state index is 12.7. The lowest BCUT2D eigenvalue weighted by molar-refractivity contribution is 0.181. The molecule has 128 valence electrons. The Morgan fingerprint density at radius 1 is 1.29 bits per heavy atom. The van der Waals surface area contributed by atoms with Crippen LogP contribution in [0.15, 0.2) is 40.6 Å². The number of nitrogens with zero attached hydrogens (tertiary/aromatic N) is 1. The van der Waals surface area contributed by atoms with E-state index in [1.54, 1.807) is 23.5 Å². The topological polar surface area (TPSA) is 66.5 Å². The highest BCUT2D eigenvalue weighted by molar-refractivity contribution is 7.90. The van der Waals surface area contributed by atoms with E-state index in [1.807, 2.05) is 4.90 Å². The van der Waals surface area contributed by atoms with Crippen LogP contribution in [0.2, 0.25) is 0 Å². The zero-order chi connectivity index (χ0) is 17.3. The molecule has 2 aromatic rings. The molecule has 1 atom stereocenters. The van der Waals surface area contributed by atoms with Gasteiger partial charge in [0.05, 0.1) is 10.9 Å². The van der Waals surface area contributed by atoms with Gasteiger partial charge in [-0.15, -0.1) is 11.3 Å². The highest BCUT2D eigenvalue weighted by atomic mass is 32.2. The number of thiophene rings is 1. The fraction of sp³-hybridized carbons (Fsp3) is 0.353. The van der Waals surface area contributed by atoms with Gasteiger partial charge in [-0.25, -0.2) is 13.2 Å². The molecular formula is C17H20N2O3S2. The van der Waals surface area contributed by atoms with E-state index < -0.39 is 9.84 Å². The summed E-state index contributed by atoms with van der Waals surface area (Å²) in [6.07, 6.45) is 2.91. The van der Waals surface area contributed by atoms with E-state index in [2.05, 4.69) is 23.7 Å². The van der Waals surface area contributed by atoms with Crippen LogP contribution in [0.1, 0.15) is 29.8 Å². The van der Waals surface area contributed by atoms with E-state index in [-0.39, 0.29) is 17.0 Å². The van der Waals surface area contributed by atoms with Crippen LogP contribution in [-0.4, -0.2) is 32.1 Å². The summed E-state index contributed by atoms with van der Waals surface area (Å²) in [4.78, 5) is 16.1. The van der Waals surface area contributed by atoms with E-state index >= 15 is 0 Å². The van der Waals surface area contributed by atoms with E-state index in [4.69, 9.17) is 0 Å². The third-order valence-electron chi connectivity index (χ3n) is 4.28. The van der Waals surface area contributed by atoms with E-state index in [1.165, 1.54) is 28.8 Å². The van der Waals surface area contributed by atoms with Crippen LogP contribution in [0.25, 0.3) is 0 Å². The zero-order valence-electron chi connectivity index (χ0n) is 13.7. The lowest BCUT2D eigenvalue weighted by atomic mass is 9.98. The van der Waals surface area contributed by atoms with Crippen molar-refractivity contribution in [3.63, 3.8) is 0 Å². The molecule has 2 heterocycles. The monoisotopic (exact) mass is 364 g/mol. The SMILES string of the molecule is CC[C@H]1c2ccsc2CCN1C(=O)Nc1ccc(S(C)(=O)=O)cc1. The highest BCUT2D eigenvalue weighted by Gasteiger charge is 2.30. The van der Waals surface area contributed by atoms with Gasteiger partial charge in [-0.05, 0) is 54.1 Å². The van der Waals surface area contributed by atoms with Gasteiger partial charge in [-0.1, -0.05) is 6.92 Å². The second kappa shape index (κ2) is 6.57. The second-order valence-electron chi connectivity index (χ2n) is 5.89. The molecule has 0 radical (unpaired) electrons. The summed E-state index contributed by atoms with van der Waals surface area (Å²) < 4.78 is 23.0. The number of fused-ring (bicyclic) bond motifs is 1. The quantitative estimate of drug-likeness (QED) is 0.903. The van der Waals surface area contributed by atoms with Gasteiger partial charge < -0.3 is 10.2 Å². The molecule has 3 rings (SSSR count). The van der Waals surface area contributed by atoms with Crippen LogP contribution in [0, 0.1) is 0 Å². The van der Waals surface area contributed by atoms with Crippen LogP contribution >= 0.6 is 11.3 Å². The molecule has 1 aliphatic rings. The maximum absolute atomic E-state index is 12.7. The number of benzene rings is 1. The van der Waals surface area contributed by atoms with Crippen molar-refractivity contribution < 1.29 is 13.2 Å². The molecule has 0 fully saturated rings. The van der Waals surface area contributed by atoms with Crippen molar-refractivity contribution in [2.24, 2.45) is 0 Å². The number of sulfone groups is 1. The van der Waals surface area contributed by atoms with Crippen molar-refractivity contribution >= 4 is 32.9 Å². The van der Waals surface area contributed by atoms with Crippen molar-refractivity contribution in [1.82, 2.24) is 4.90 Å². The Balaban J connectivity index is 1.75. The summed E-state index contributed by atoms with van der Waals surface area (Å²) in [5.41, 5.74) is 1.84. The first kappa shape index (κ1) is 17.0. The number of urea groups is 1. The fourth-order valence-electron chi connectivity index (χ4n) is 3.06. The highest BCUT2D eigenvalue weighted by Crippen LogP contribution is 2.35. The summed E-state index contributed by atoms with van der Waals surface area (Å²) in [5.74, 6) is 0. The van der Waals surface area contributed by atoms with Gasteiger partial charge in [-0.3, -0.25) is 0 Å². The largest absolute Gasteiger partial charge is 0.322 e. The molecule has 1 aromatic heterocycles. The molecule has 0 saturated carbocycles. The lowest BCUT2D eigenvalue weighted by Crippen LogP contribution is -2.41. The Labute approximate surface area is 146 Å². The third kappa shape index (κ3) is 3.32. The summed E-state index contributed by atoms with van der Waals surface area (Å²) in [6.45, 7) is 2.78. The normalized spacial score (nSPS) is 17.4. The zero-order valence-corrected chi connectivity index (χ0v) is 15.3. The average Bonchev–Trinajstić information content (AvgIpc) is 3.02. The van der Waals surface area contributed by atoms with Gasteiger partial charge in [0.15, 0.2) is 9.84 Å². The number of hydrogen-bond acceptors (Lipinski definition) is 4. The Bertz CT molecular complexity index is 841. The second-order valence-corrected chi connectivity index (χ2v) is 8.91. The molecule has 1 aliphatic heterocycles. The van der Waals surface area contributed by atoms with Crippen molar-refractivity contribution in [1.29, 1.82) is 0 Å². The van der Waals surface area contributed by atoms with Crippen molar-refractivity contribution in [3.05, 3.63) is 46.2 Å². The van der Waals surface area contributed by atoms with Gasteiger partial charge in [0.2, 0.25) is 0 Å². The molecule has 1 aromatic carbocycles. The van der Waals surface area contributed by atoms with E-state index in [0.717, 1.165) is 12.8 Å². The van der Waals surface area contributed by atoms with Crippen LogP contribution in [0.4, 0.5) is 10.5 Å². The Hall–Kier alpha value is -1.86. The average molecular weight is 364 g/mol. The van der Waals surface area contributed by atoms with Crippen LogP contribution in [0.3, 0.4) is 0 Å². The van der Waals surface area contributed by atoms with Gasteiger partial charge >= 0.3 is 6.03 Å². The summed E-state index contributed by atoms with van der Waals surface area (Å²) >= 11 is 1.75. The Morgan fingerprint density at radius 3 is 2.62 bits per heavy atom. The molecular weight excluding hydrogens is 344 g/mol. The van der Waals surface area contributed by atoms with Crippen molar-refractivity contribution in [2.45, 2.75) is 30.7 Å². The minimum absolute atomic E-state index is 0.0929. The molecule has 2 amide bonds. The summed E-state index contributed by atoms with van der Waals surface area (Å²) in [6, 6.07) is 8.31. The van der Waals surface area contributed by atoms with Crippen molar-refractivity contribution in [3.8, 4) is 0 Å². The Morgan fingerprint density at radius 2 is 2.00 bits per heavy atom. The predicted molar refractivity (Wildman–Crippen MR) is 96.3 cm³/mol. The van der Waals surface area contributed by atoms with Gasteiger partial charge in [0.1, 0.15) is 0 Å². The van der Waals surface area contributed by atoms with E-state index in [0.29, 0.717) is 12.2 Å². The minimum atomic E-state index is -3.23. The lowest BCUT2D eigenvalue weighted by Gasteiger charge is -2.35. The minimum Gasteiger partial charge on any atom is -0.317 e. The third-order valence-corrected chi connectivity index (χ3v) is 6.40. The van der Waals surface area contributed by atoms with Gasteiger partial charge in [0, 0.05) is 23.4 Å². The molecule has 0 bridgehead atoms. The number of carbonyl (C=O) groups is 1. The first-order valence-electron chi connectivity index (χ1n) is 7.84. The molecule has 1 N–H and O–H groups in total. The molecule has 5 nitrogen and oxygen atoms in total. The first-order valence-corrected chi connectivity index (χ1v) is 10.6.